The van der Waals surface area contributed by atoms with Gasteiger partial charge in [-0.2, -0.15) is 0 Å². The Morgan fingerprint density at radius 1 is 1.44 bits per heavy atom. The molecule has 1 aliphatic heterocycles. The van der Waals surface area contributed by atoms with E-state index in [2.05, 4.69) is 25.7 Å². The second kappa shape index (κ2) is 6.58. The van der Waals surface area contributed by atoms with Crippen LogP contribution in [0.25, 0.3) is 0 Å². The van der Waals surface area contributed by atoms with Crippen LogP contribution >= 0.6 is 0 Å². The van der Waals surface area contributed by atoms with Gasteiger partial charge in [0.05, 0.1) is 6.10 Å². The minimum absolute atomic E-state index is 0.300. The normalized spacial score (nSPS) is 24.4. The molecule has 0 aromatic heterocycles. The Labute approximate surface area is 100 Å². The number of nitrogens with two attached hydrogens (primary N) is 1. The lowest BCUT2D eigenvalue weighted by Gasteiger charge is -2.26. The van der Waals surface area contributed by atoms with Crippen LogP contribution in [0, 0.1) is 5.41 Å². The van der Waals surface area contributed by atoms with E-state index in [1.165, 1.54) is 32.4 Å². The Morgan fingerprint density at radius 3 is 2.88 bits per heavy atom. The Kier molecular flexibility index (Phi) is 5.73. The maximum Gasteiger partial charge on any atom is 0.0673 e. The van der Waals surface area contributed by atoms with Crippen molar-refractivity contribution in [3.63, 3.8) is 0 Å². The number of ether oxygens (including phenoxy) is 1. The molecule has 0 radical (unpaired) electrons. The summed E-state index contributed by atoms with van der Waals surface area (Å²) in [5.74, 6) is 0. The fraction of sp³-hybridized carbons (Fsp3) is 1.00. The highest BCUT2D eigenvalue weighted by Gasteiger charge is 2.18. The lowest BCUT2D eigenvalue weighted by atomic mass is 9.88. The molecule has 2 N–H and O–H groups in total. The molecule has 0 bridgehead atoms. The Morgan fingerprint density at radius 2 is 2.19 bits per heavy atom. The molecular weight excluding hydrogens is 200 g/mol. The maximum atomic E-state index is 5.74. The van der Waals surface area contributed by atoms with Gasteiger partial charge in [-0.15, -0.1) is 0 Å². The summed E-state index contributed by atoms with van der Waals surface area (Å²) in [7, 11) is 0. The average Bonchev–Trinajstić information content (AvgIpc) is 2.43. The third-order valence-electron chi connectivity index (χ3n) is 3.42. The summed E-state index contributed by atoms with van der Waals surface area (Å²) >= 11 is 0. The molecule has 1 heterocycles. The lowest BCUT2D eigenvalue weighted by molar-refractivity contribution is 0.0672. The van der Waals surface area contributed by atoms with Crippen LogP contribution in [0.3, 0.4) is 0 Å². The quantitative estimate of drug-likeness (QED) is 0.780. The van der Waals surface area contributed by atoms with Crippen LogP contribution in [-0.2, 0) is 4.74 Å². The predicted molar refractivity (Wildman–Crippen MR) is 68.5 cm³/mol. The fourth-order valence-electron chi connectivity index (χ4n) is 2.17. The van der Waals surface area contributed by atoms with E-state index in [4.69, 9.17) is 10.5 Å². The van der Waals surface area contributed by atoms with Gasteiger partial charge in [0.2, 0.25) is 0 Å². The molecule has 1 saturated heterocycles. The average molecular weight is 228 g/mol. The topological polar surface area (TPSA) is 38.5 Å². The van der Waals surface area contributed by atoms with Crippen LogP contribution < -0.4 is 5.73 Å². The molecule has 3 heteroatoms. The van der Waals surface area contributed by atoms with Gasteiger partial charge in [0.1, 0.15) is 0 Å². The summed E-state index contributed by atoms with van der Waals surface area (Å²) in [4.78, 5) is 2.53. The van der Waals surface area contributed by atoms with Gasteiger partial charge >= 0.3 is 0 Å². The van der Waals surface area contributed by atoms with E-state index in [9.17, 15) is 0 Å². The van der Waals surface area contributed by atoms with Crippen molar-refractivity contribution in [1.29, 1.82) is 0 Å². The van der Waals surface area contributed by atoms with Crippen LogP contribution in [-0.4, -0.2) is 43.8 Å². The molecule has 1 unspecified atom stereocenters. The minimum Gasteiger partial charge on any atom is -0.377 e. The minimum atomic E-state index is 0.300. The van der Waals surface area contributed by atoms with E-state index < -0.39 is 0 Å². The third kappa shape index (κ3) is 5.28. The molecule has 16 heavy (non-hydrogen) atoms. The highest BCUT2D eigenvalue weighted by Crippen LogP contribution is 2.20. The summed E-state index contributed by atoms with van der Waals surface area (Å²) in [6, 6.07) is 0. The van der Waals surface area contributed by atoms with Crippen molar-refractivity contribution in [3.05, 3.63) is 0 Å². The monoisotopic (exact) mass is 228 g/mol. The largest absolute Gasteiger partial charge is 0.377 e. The predicted octanol–water partition coefficient (Wildman–Crippen LogP) is 1.86. The Hall–Kier alpha value is -0.120. The zero-order chi connectivity index (χ0) is 12.0. The molecule has 0 spiro atoms. The molecule has 1 aliphatic rings. The molecule has 1 atom stereocenters. The highest BCUT2D eigenvalue weighted by molar-refractivity contribution is 4.72. The summed E-state index contributed by atoms with van der Waals surface area (Å²) in [5, 5.41) is 0. The molecule has 96 valence electrons. The highest BCUT2D eigenvalue weighted by atomic mass is 16.5. The van der Waals surface area contributed by atoms with E-state index in [1.807, 2.05) is 0 Å². The van der Waals surface area contributed by atoms with Crippen molar-refractivity contribution in [2.24, 2.45) is 11.1 Å². The molecule has 3 nitrogen and oxygen atoms in total. The first-order valence-electron chi connectivity index (χ1n) is 6.57. The number of hydrogen-bond donors (Lipinski definition) is 1. The van der Waals surface area contributed by atoms with Crippen LogP contribution in [0.15, 0.2) is 0 Å². The zero-order valence-electron chi connectivity index (χ0n) is 11.2. The summed E-state index contributed by atoms with van der Waals surface area (Å²) in [6.07, 6.45) is 4.03. The van der Waals surface area contributed by atoms with Gasteiger partial charge in [-0.25, -0.2) is 0 Å². The van der Waals surface area contributed by atoms with Crippen molar-refractivity contribution in [2.45, 2.75) is 46.1 Å². The standard InChI is InChI=1S/C13H28N2O/c1-12-10-15(8-5-9-16-12)7-4-6-13(2,3)11-14/h12H,4-11,14H2,1-3H3. The second-order valence-corrected chi connectivity index (χ2v) is 5.81. The number of hydrogen-bond acceptors (Lipinski definition) is 3. The second-order valence-electron chi connectivity index (χ2n) is 5.81. The number of nitrogens with zero attached hydrogens (tertiary/aromatic N) is 1. The van der Waals surface area contributed by atoms with Gasteiger partial charge in [0, 0.05) is 19.7 Å². The molecule has 1 fully saturated rings. The van der Waals surface area contributed by atoms with E-state index in [0.29, 0.717) is 11.5 Å². The van der Waals surface area contributed by atoms with Gasteiger partial charge in [-0.05, 0) is 44.7 Å². The SMILES string of the molecule is CC1CN(CCCC(C)(C)CN)CCCO1. The first-order valence-corrected chi connectivity index (χ1v) is 6.57. The van der Waals surface area contributed by atoms with Crippen molar-refractivity contribution < 1.29 is 4.74 Å². The van der Waals surface area contributed by atoms with Crippen molar-refractivity contribution in [2.75, 3.05) is 32.8 Å². The van der Waals surface area contributed by atoms with Crippen molar-refractivity contribution >= 4 is 0 Å². The number of rotatable bonds is 5. The van der Waals surface area contributed by atoms with E-state index in [0.717, 1.165) is 19.7 Å². The van der Waals surface area contributed by atoms with Gasteiger partial charge in [0.25, 0.3) is 0 Å². The molecule has 1 rings (SSSR count). The third-order valence-corrected chi connectivity index (χ3v) is 3.42. The van der Waals surface area contributed by atoms with Crippen LogP contribution in [0.4, 0.5) is 0 Å². The summed E-state index contributed by atoms with van der Waals surface area (Å²) in [6.45, 7) is 11.8. The lowest BCUT2D eigenvalue weighted by Crippen LogP contribution is -2.32. The van der Waals surface area contributed by atoms with Crippen LogP contribution in [0.1, 0.15) is 40.0 Å². The van der Waals surface area contributed by atoms with Crippen molar-refractivity contribution in [1.82, 2.24) is 4.90 Å². The van der Waals surface area contributed by atoms with Crippen LogP contribution in [0.5, 0.6) is 0 Å². The van der Waals surface area contributed by atoms with E-state index in [-0.39, 0.29) is 0 Å². The van der Waals surface area contributed by atoms with Gasteiger partial charge in [0.15, 0.2) is 0 Å². The van der Waals surface area contributed by atoms with E-state index in [1.54, 1.807) is 0 Å². The molecular formula is C13H28N2O. The smallest absolute Gasteiger partial charge is 0.0673 e. The Bertz CT molecular complexity index is 194. The summed E-state index contributed by atoms with van der Waals surface area (Å²) < 4.78 is 5.64. The zero-order valence-corrected chi connectivity index (χ0v) is 11.2. The first-order chi connectivity index (χ1) is 7.53. The molecule has 0 amide bonds. The fourth-order valence-corrected chi connectivity index (χ4v) is 2.17. The summed E-state index contributed by atoms with van der Waals surface area (Å²) in [5.41, 5.74) is 6.04. The maximum absolute atomic E-state index is 5.74. The molecule has 0 aliphatic carbocycles. The van der Waals surface area contributed by atoms with Crippen molar-refractivity contribution in [3.8, 4) is 0 Å². The molecule has 0 aromatic carbocycles. The molecule has 0 aromatic rings. The molecule has 0 saturated carbocycles. The first kappa shape index (κ1) is 13.9. The van der Waals surface area contributed by atoms with E-state index >= 15 is 0 Å². The van der Waals surface area contributed by atoms with Gasteiger partial charge in [-0.1, -0.05) is 13.8 Å². The van der Waals surface area contributed by atoms with Gasteiger partial charge < -0.3 is 15.4 Å². The van der Waals surface area contributed by atoms with Gasteiger partial charge in [-0.3, -0.25) is 0 Å². The Balaban J connectivity index is 2.21. The van der Waals surface area contributed by atoms with Crippen LogP contribution in [0.2, 0.25) is 0 Å².